The van der Waals surface area contributed by atoms with Gasteiger partial charge in [0.05, 0.1) is 22.9 Å². The van der Waals surface area contributed by atoms with Crippen molar-refractivity contribution < 1.29 is 5.11 Å². The van der Waals surface area contributed by atoms with Crippen molar-refractivity contribution in [1.29, 1.82) is 0 Å². The van der Waals surface area contributed by atoms with Gasteiger partial charge in [0.15, 0.2) is 0 Å². The van der Waals surface area contributed by atoms with Crippen molar-refractivity contribution in [3.05, 3.63) is 28.8 Å². The standard InChI is InChI=1S/C9H13ClN2O/c1-5(13)9(12)6-2-3-7(10)8(11)4-6/h2-5,9,13H,11-12H2,1H3/t5?,9-/m1/s1. The SMILES string of the molecule is CC(O)[C@@H](N)c1ccc(Cl)c(N)c1. The summed E-state index contributed by atoms with van der Waals surface area (Å²) in [6.45, 7) is 1.63. The largest absolute Gasteiger partial charge is 0.398 e. The van der Waals surface area contributed by atoms with Crippen LogP contribution in [0.1, 0.15) is 18.5 Å². The molecule has 0 heterocycles. The van der Waals surface area contributed by atoms with Crippen molar-refractivity contribution in [2.45, 2.75) is 19.1 Å². The predicted molar refractivity (Wildman–Crippen MR) is 54.5 cm³/mol. The van der Waals surface area contributed by atoms with Gasteiger partial charge in [-0.25, -0.2) is 0 Å². The summed E-state index contributed by atoms with van der Waals surface area (Å²) in [5.41, 5.74) is 12.6. The Morgan fingerprint density at radius 2 is 2.08 bits per heavy atom. The van der Waals surface area contributed by atoms with Gasteiger partial charge in [0.1, 0.15) is 0 Å². The molecule has 4 heteroatoms. The number of anilines is 1. The molecule has 1 aromatic rings. The molecule has 0 saturated heterocycles. The van der Waals surface area contributed by atoms with Gasteiger partial charge in [0, 0.05) is 0 Å². The molecule has 13 heavy (non-hydrogen) atoms. The molecule has 0 aromatic heterocycles. The number of aliphatic hydroxyl groups excluding tert-OH is 1. The summed E-state index contributed by atoms with van der Waals surface area (Å²) in [6, 6.07) is 4.70. The summed E-state index contributed by atoms with van der Waals surface area (Å²) in [5.74, 6) is 0. The molecule has 0 aliphatic carbocycles. The molecule has 0 fully saturated rings. The molecule has 0 spiro atoms. The highest BCUT2D eigenvalue weighted by molar-refractivity contribution is 6.33. The van der Waals surface area contributed by atoms with Crippen molar-refractivity contribution in [3.8, 4) is 0 Å². The molecule has 0 saturated carbocycles. The van der Waals surface area contributed by atoms with Crippen molar-refractivity contribution in [3.63, 3.8) is 0 Å². The van der Waals surface area contributed by atoms with Crippen molar-refractivity contribution in [1.82, 2.24) is 0 Å². The van der Waals surface area contributed by atoms with Gasteiger partial charge in [-0.15, -0.1) is 0 Å². The lowest BCUT2D eigenvalue weighted by Gasteiger charge is -2.15. The second-order valence-electron chi connectivity index (χ2n) is 3.05. The molecular weight excluding hydrogens is 188 g/mol. The number of hydrogen-bond donors (Lipinski definition) is 3. The number of aliphatic hydroxyl groups is 1. The molecular formula is C9H13ClN2O. The minimum atomic E-state index is -0.597. The summed E-state index contributed by atoms with van der Waals surface area (Å²) in [7, 11) is 0. The Morgan fingerprint density at radius 3 is 2.54 bits per heavy atom. The third kappa shape index (κ3) is 2.34. The predicted octanol–water partition coefficient (Wildman–Crippen LogP) is 1.30. The molecule has 0 amide bonds. The second kappa shape index (κ2) is 3.96. The number of hydrogen-bond acceptors (Lipinski definition) is 3. The zero-order chi connectivity index (χ0) is 10.0. The molecule has 1 unspecified atom stereocenters. The van der Waals surface area contributed by atoms with E-state index in [9.17, 15) is 5.11 Å². The fourth-order valence-electron chi connectivity index (χ4n) is 1.05. The Balaban J connectivity index is 2.97. The first-order valence-corrected chi connectivity index (χ1v) is 4.38. The molecule has 1 aromatic carbocycles. The summed E-state index contributed by atoms with van der Waals surface area (Å²) in [4.78, 5) is 0. The van der Waals surface area contributed by atoms with E-state index < -0.39 is 12.1 Å². The van der Waals surface area contributed by atoms with E-state index >= 15 is 0 Å². The molecule has 2 atom stereocenters. The lowest BCUT2D eigenvalue weighted by molar-refractivity contribution is 0.164. The van der Waals surface area contributed by atoms with Crippen LogP contribution in [0.4, 0.5) is 5.69 Å². The van der Waals surface area contributed by atoms with Gasteiger partial charge in [0.2, 0.25) is 0 Å². The molecule has 3 nitrogen and oxygen atoms in total. The van der Waals surface area contributed by atoms with Crippen LogP contribution in [-0.2, 0) is 0 Å². The minimum absolute atomic E-state index is 0.417. The summed E-state index contributed by atoms with van der Waals surface area (Å²) < 4.78 is 0. The maximum atomic E-state index is 9.24. The molecule has 1 rings (SSSR count). The number of nitrogens with two attached hydrogens (primary N) is 2. The topological polar surface area (TPSA) is 72.3 Å². The smallest absolute Gasteiger partial charge is 0.0704 e. The average molecular weight is 201 g/mol. The second-order valence-corrected chi connectivity index (χ2v) is 3.45. The van der Waals surface area contributed by atoms with E-state index in [2.05, 4.69) is 0 Å². The maximum Gasteiger partial charge on any atom is 0.0704 e. The van der Waals surface area contributed by atoms with Crippen LogP contribution in [0.5, 0.6) is 0 Å². The number of rotatable bonds is 2. The Labute approximate surface area is 82.3 Å². The lowest BCUT2D eigenvalue weighted by Crippen LogP contribution is -2.23. The van der Waals surface area contributed by atoms with Gasteiger partial charge < -0.3 is 16.6 Å². The number of halogens is 1. The third-order valence-corrected chi connectivity index (χ3v) is 2.27. The van der Waals surface area contributed by atoms with Crippen LogP contribution in [0.25, 0.3) is 0 Å². The van der Waals surface area contributed by atoms with E-state index in [1.54, 1.807) is 25.1 Å². The van der Waals surface area contributed by atoms with E-state index in [0.717, 1.165) is 5.56 Å². The number of benzene rings is 1. The minimum Gasteiger partial charge on any atom is -0.398 e. The summed E-state index contributed by atoms with van der Waals surface area (Å²) in [5, 5.41) is 9.74. The molecule has 0 aliphatic heterocycles. The van der Waals surface area contributed by atoms with Crippen LogP contribution >= 0.6 is 11.6 Å². The van der Waals surface area contributed by atoms with Crippen molar-refractivity contribution in [2.24, 2.45) is 5.73 Å². The Hall–Kier alpha value is -0.770. The van der Waals surface area contributed by atoms with Crippen LogP contribution in [0.3, 0.4) is 0 Å². The molecule has 0 aliphatic rings. The van der Waals surface area contributed by atoms with Crippen LogP contribution in [-0.4, -0.2) is 11.2 Å². The van der Waals surface area contributed by atoms with Crippen molar-refractivity contribution in [2.75, 3.05) is 5.73 Å². The zero-order valence-electron chi connectivity index (χ0n) is 7.37. The van der Waals surface area contributed by atoms with Gasteiger partial charge in [0.25, 0.3) is 0 Å². The number of nitrogen functional groups attached to an aromatic ring is 1. The van der Waals surface area contributed by atoms with E-state index in [-0.39, 0.29) is 0 Å². The zero-order valence-corrected chi connectivity index (χ0v) is 8.12. The van der Waals surface area contributed by atoms with Crippen LogP contribution in [0.2, 0.25) is 5.02 Å². The summed E-state index contributed by atoms with van der Waals surface area (Å²) in [6.07, 6.45) is -0.597. The highest BCUT2D eigenvalue weighted by atomic mass is 35.5. The van der Waals surface area contributed by atoms with E-state index in [1.165, 1.54) is 0 Å². The maximum absolute atomic E-state index is 9.24. The molecule has 0 radical (unpaired) electrons. The first kappa shape index (κ1) is 10.3. The normalized spacial score (nSPS) is 15.4. The Kier molecular flexibility index (Phi) is 3.14. The summed E-state index contributed by atoms with van der Waals surface area (Å²) >= 11 is 5.74. The van der Waals surface area contributed by atoms with Gasteiger partial charge in [-0.1, -0.05) is 17.7 Å². The Bertz CT molecular complexity index is 302. The first-order chi connectivity index (χ1) is 6.02. The fourth-order valence-corrected chi connectivity index (χ4v) is 1.17. The fraction of sp³-hybridized carbons (Fsp3) is 0.333. The average Bonchev–Trinajstić information content (AvgIpc) is 2.08. The van der Waals surface area contributed by atoms with E-state index in [0.29, 0.717) is 10.7 Å². The van der Waals surface area contributed by atoms with Gasteiger partial charge in [-0.05, 0) is 24.6 Å². The highest BCUT2D eigenvalue weighted by Crippen LogP contribution is 2.23. The monoisotopic (exact) mass is 200 g/mol. The van der Waals surface area contributed by atoms with Crippen LogP contribution in [0, 0.1) is 0 Å². The van der Waals surface area contributed by atoms with Crippen molar-refractivity contribution >= 4 is 17.3 Å². The molecule has 0 bridgehead atoms. The molecule has 72 valence electrons. The quantitative estimate of drug-likeness (QED) is 0.631. The van der Waals surface area contributed by atoms with Crippen LogP contribution < -0.4 is 11.5 Å². The highest BCUT2D eigenvalue weighted by Gasteiger charge is 2.12. The molecule has 5 N–H and O–H groups in total. The Morgan fingerprint density at radius 1 is 1.46 bits per heavy atom. The van der Waals surface area contributed by atoms with E-state index in [4.69, 9.17) is 23.1 Å². The third-order valence-electron chi connectivity index (χ3n) is 1.92. The van der Waals surface area contributed by atoms with Gasteiger partial charge in [-0.2, -0.15) is 0 Å². The first-order valence-electron chi connectivity index (χ1n) is 4.01. The van der Waals surface area contributed by atoms with Gasteiger partial charge in [-0.3, -0.25) is 0 Å². The van der Waals surface area contributed by atoms with Gasteiger partial charge >= 0.3 is 0 Å². The van der Waals surface area contributed by atoms with E-state index in [1.807, 2.05) is 0 Å². The van der Waals surface area contributed by atoms with Crippen LogP contribution in [0.15, 0.2) is 18.2 Å². The lowest BCUT2D eigenvalue weighted by atomic mass is 10.0.